The lowest BCUT2D eigenvalue weighted by Crippen LogP contribution is -2.55. The van der Waals surface area contributed by atoms with Crippen molar-refractivity contribution in [2.45, 2.75) is 52.8 Å². The largest absolute Gasteiger partial charge is 0.504 e. The Bertz CT molecular complexity index is 788. The standard InChI is InChI=1S/C20H32F3N5O3/c1-12-17(30)16(26-25-12)18(31)24-9-14-8-13(20(21,22)23)6-7-28(14)15(29)10-27(5)11-19(2,3)4/h13-14,30H,6-11H2,1-5H3,(H,24,31)(H,25,26)/t13-,14+/m0/s1. The van der Waals surface area contributed by atoms with E-state index in [9.17, 15) is 27.9 Å². The maximum atomic E-state index is 13.3. The third kappa shape index (κ3) is 6.84. The number of hydrogen-bond acceptors (Lipinski definition) is 5. The number of alkyl halides is 3. The molecule has 176 valence electrons. The van der Waals surface area contributed by atoms with E-state index in [1.807, 2.05) is 25.7 Å². The first-order valence-electron chi connectivity index (χ1n) is 10.3. The number of piperidine rings is 1. The van der Waals surface area contributed by atoms with Crippen molar-refractivity contribution in [1.82, 2.24) is 25.3 Å². The van der Waals surface area contributed by atoms with E-state index in [0.29, 0.717) is 6.54 Å². The van der Waals surface area contributed by atoms with Gasteiger partial charge in [-0.3, -0.25) is 19.6 Å². The quantitative estimate of drug-likeness (QED) is 0.621. The van der Waals surface area contributed by atoms with Crippen molar-refractivity contribution in [2.24, 2.45) is 11.3 Å². The second-order valence-corrected chi connectivity index (χ2v) is 9.48. The Kier molecular flexibility index (Phi) is 7.61. The van der Waals surface area contributed by atoms with Crippen LogP contribution in [0, 0.1) is 18.3 Å². The molecule has 0 bridgehead atoms. The Labute approximate surface area is 180 Å². The lowest BCUT2D eigenvalue weighted by Gasteiger charge is -2.41. The predicted octanol–water partition coefficient (Wildman–Crippen LogP) is 2.30. The summed E-state index contributed by atoms with van der Waals surface area (Å²) < 4.78 is 39.9. The number of carbonyl (C=O) groups excluding carboxylic acids is 2. The molecule has 1 fully saturated rings. The molecule has 0 spiro atoms. The highest BCUT2D eigenvalue weighted by Crippen LogP contribution is 2.36. The summed E-state index contributed by atoms with van der Waals surface area (Å²) in [7, 11) is 1.80. The number of H-pyrrole nitrogens is 1. The van der Waals surface area contributed by atoms with Crippen molar-refractivity contribution in [1.29, 1.82) is 0 Å². The van der Waals surface area contributed by atoms with Crippen LogP contribution in [0.2, 0.25) is 0 Å². The van der Waals surface area contributed by atoms with Gasteiger partial charge >= 0.3 is 6.18 Å². The molecule has 1 saturated heterocycles. The average molecular weight is 448 g/mol. The second-order valence-electron chi connectivity index (χ2n) is 9.48. The number of nitrogens with one attached hydrogen (secondary N) is 2. The maximum absolute atomic E-state index is 13.3. The molecule has 0 saturated carbocycles. The number of aromatic nitrogens is 2. The Morgan fingerprint density at radius 1 is 1.32 bits per heavy atom. The number of hydrogen-bond donors (Lipinski definition) is 3. The topological polar surface area (TPSA) is 102 Å². The van der Waals surface area contributed by atoms with Crippen LogP contribution in [0.25, 0.3) is 0 Å². The number of aromatic hydroxyl groups is 1. The number of nitrogens with zero attached hydrogens (tertiary/aromatic N) is 3. The van der Waals surface area contributed by atoms with Gasteiger partial charge in [0.25, 0.3) is 5.91 Å². The van der Waals surface area contributed by atoms with Crippen LogP contribution in [0.1, 0.15) is 49.8 Å². The fourth-order valence-corrected chi connectivity index (χ4v) is 3.94. The zero-order chi connectivity index (χ0) is 23.6. The van der Waals surface area contributed by atoms with Gasteiger partial charge in [-0.15, -0.1) is 0 Å². The normalized spacial score (nSPS) is 20.2. The first kappa shape index (κ1) is 25.0. The molecule has 1 aromatic rings. The Hall–Kier alpha value is -2.30. The molecule has 0 aliphatic carbocycles. The van der Waals surface area contributed by atoms with E-state index in [0.717, 1.165) is 0 Å². The number of carbonyl (C=O) groups is 2. The van der Waals surface area contributed by atoms with Crippen LogP contribution < -0.4 is 5.32 Å². The van der Waals surface area contributed by atoms with Gasteiger partial charge < -0.3 is 15.3 Å². The number of likely N-dealkylation sites (N-methyl/N-ethyl adjacent to an activating group) is 1. The minimum atomic E-state index is -4.36. The Morgan fingerprint density at radius 3 is 2.48 bits per heavy atom. The SMILES string of the molecule is Cc1n[nH]c(C(=O)NC[C@H]2C[C@@H](C(F)(F)F)CCN2C(=O)CN(C)CC(C)(C)C)c1O. The molecule has 0 radical (unpaired) electrons. The minimum Gasteiger partial charge on any atom is -0.504 e. The van der Waals surface area contributed by atoms with Crippen molar-refractivity contribution in [3.8, 4) is 5.75 Å². The van der Waals surface area contributed by atoms with E-state index in [4.69, 9.17) is 0 Å². The molecule has 1 aliphatic rings. The first-order valence-corrected chi connectivity index (χ1v) is 10.3. The molecule has 2 rings (SSSR count). The predicted molar refractivity (Wildman–Crippen MR) is 109 cm³/mol. The summed E-state index contributed by atoms with van der Waals surface area (Å²) in [6, 6.07) is -0.800. The summed E-state index contributed by atoms with van der Waals surface area (Å²) in [5.41, 5.74) is 0.0395. The highest BCUT2D eigenvalue weighted by Gasteiger charge is 2.45. The zero-order valence-corrected chi connectivity index (χ0v) is 18.6. The molecular weight excluding hydrogens is 415 g/mol. The highest BCUT2D eigenvalue weighted by atomic mass is 19.4. The number of aromatic amines is 1. The smallest absolute Gasteiger partial charge is 0.391 e. The molecule has 8 nitrogen and oxygen atoms in total. The molecule has 2 atom stereocenters. The van der Waals surface area contributed by atoms with Gasteiger partial charge in [0.2, 0.25) is 5.91 Å². The fourth-order valence-electron chi connectivity index (χ4n) is 3.94. The molecule has 2 amide bonds. The van der Waals surface area contributed by atoms with Gasteiger partial charge in [-0.25, -0.2) is 0 Å². The van der Waals surface area contributed by atoms with Crippen LogP contribution in [0.15, 0.2) is 0 Å². The lowest BCUT2D eigenvalue weighted by molar-refractivity contribution is -0.191. The summed E-state index contributed by atoms with van der Waals surface area (Å²) in [5.74, 6) is -2.81. The van der Waals surface area contributed by atoms with Crippen LogP contribution in [-0.4, -0.2) is 82.4 Å². The summed E-state index contributed by atoms with van der Waals surface area (Å²) in [4.78, 5) is 28.5. The number of amides is 2. The summed E-state index contributed by atoms with van der Waals surface area (Å²) in [5, 5.41) is 18.5. The first-order chi connectivity index (χ1) is 14.2. The highest BCUT2D eigenvalue weighted by molar-refractivity contribution is 5.95. The van der Waals surface area contributed by atoms with Crippen LogP contribution in [0.3, 0.4) is 0 Å². The van der Waals surface area contributed by atoms with Gasteiger partial charge in [-0.05, 0) is 32.2 Å². The zero-order valence-electron chi connectivity index (χ0n) is 18.6. The van der Waals surface area contributed by atoms with Crippen LogP contribution in [-0.2, 0) is 4.79 Å². The third-order valence-corrected chi connectivity index (χ3v) is 5.29. The lowest BCUT2D eigenvalue weighted by atomic mass is 9.90. The van der Waals surface area contributed by atoms with Gasteiger partial charge in [0.15, 0.2) is 11.4 Å². The van der Waals surface area contributed by atoms with Crippen molar-refractivity contribution in [3.63, 3.8) is 0 Å². The monoisotopic (exact) mass is 447 g/mol. The maximum Gasteiger partial charge on any atom is 0.391 e. The van der Waals surface area contributed by atoms with Gasteiger partial charge in [0.05, 0.1) is 12.5 Å². The van der Waals surface area contributed by atoms with Crippen molar-refractivity contribution in [3.05, 3.63) is 11.4 Å². The fraction of sp³-hybridized carbons (Fsp3) is 0.750. The molecular formula is C20H32F3N5O3. The molecule has 31 heavy (non-hydrogen) atoms. The van der Waals surface area contributed by atoms with E-state index >= 15 is 0 Å². The van der Waals surface area contributed by atoms with Gasteiger partial charge in [0.1, 0.15) is 5.69 Å². The van der Waals surface area contributed by atoms with Gasteiger partial charge in [-0.2, -0.15) is 18.3 Å². The molecule has 11 heteroatoms. The molecule has 3 N–H and O–H groups in total. The van der Waals surface area contributed by atoms with Crippen molar-refractivity contribution < 1.29 is 27.9 Å². The number of halogens is 3. The molecule has 0 aromatic carbocycles. The summed E-state index contributed by atoms with van der Waals surface area (Å²) in [6.45, 7) is 8.16. The van der Waals surface area contributed by atoms with Crippen LogP contribution in [0.4, 0.5) is 13.2 Å². The molecule has 2 heterocycles. The van der Waals surface area contributed by atoms with Crippen molar-refractivity contribution >= 4 is 11.8 Å². The van der Waals surface area contributed by atoms with Crippen molar-refractivity contribution in [2.75, 3.05) is 33.2 Å². The van der Waals surface area contributed by atoms with E-state index < -0.39 is 24.0 Å². The summed E-state index contributed by atoms with van der Waals surface area (Å²) in [6.07, 6.45) is -4.81. The third-order valence-electron chi connectivity index (χ3n) is 5.29. The Morgan fingerprint density at radius 2 is 1.97 bits per heavy atom. The summed E-state index contributed by atoms with van der Waals surface area (Å²) >= 11 is 0. The number of aryl methyl sites for hydroxylation is 1. The van der Waals surface area contributed by atoms with Crippen LogP contribution >= 0.6 is 0 Å². The molecule has 1 aromatic heterocycles. The molecule has 0 unspecified atom stereocenters. The number of likely N-dealkylation sites (tertiary alicyclic amines) is 1. The minimum absolute atomic E-state index is 0.0265. The van der Waals surface area contributed by atoms with E-state index in [1.54, 1.807) is 7.05 Å². The van der Waals surface area contributed by atoms with Gasteiger partial charge in [-0.1, -0.05) is 20.8 Å². The van der Waals surface area contributed by atoms with E-state index in [2.05, 4.69) is 15.5 Å². The van der Waals surface area contributed by atoms with Crippen LogP contribution in [0.5, 0.6) is 5.75 Å². The second kappa shape index (κ2) is 9.46. The van der Waals surface area contributed by atoms with E-state index in [-0.39, 0.29) is 60.9 Å². The van der Waals surface area contributed by atoms with E-state index in [1.165, 1.54) is 11.8 Å². The Balaban J connectivity index is 2.09. The van der Waals surface area contributed by atoms with Gasteiger partial charge in [0, 0.05) is 25.7 Å². The molecule has 1 aliphatic heterocycles. The number of rotatable bonds is 6. The average Bonchev–Trinajstić information content (AvgIpc) is 2.96.